The number of carboxylic acids is 5. The predicted octanol–water partition coefficient (Wildman–Crippen LogP) is 24.1. The highest BCUT2D eigenvalue weighted by Crippen LogP contribution is 2.37. The Bertz CT molecular complexity index is 7360. The Morgan fingerprint density at radius 1 is 0.288 bits per heavy atom. The number of rotatable bonds is 30. The summed E-state index contributed by atoms with van der Waals surface area (Å²) in [5.41, 5.74) is 19.7. The minimum atomic E-state index is -1.01. The van der Waals surface area contributed by atoms with Gasteiger partial charge in [-0.15, -0.1) is 56.7 Å². The monoisotopic (exact) mass is 1960 g/mol. The van der Waals surface area contributed by atoms with Crippen molar-refractivity contribution in [3.63, 3.8) is 0 Å². The highest BCUT2D eigenvalue weighted by Gasteiger charge is 2.24. The summed E-state index contributed by atoms with van der Waals surface area (Å²) >= 11 is 7.86. The molecule has 17 aromatic rings. The van der Waals surface area contributed by atoms with Crippen LogP contribution in [0.15, 0.2) is 166 Å². The molecule has 10 aromatic heterocycles. The fraction of sp³-hybridized carbons (Fsp3) is 0.243. The lowest BCUT2D eigenvalue weighted by molar-refractivity contribution is -0.136. The van der Waals surface area contributed by atoms with E-state index in [2.05, 4.69) is 115 Å². The van der Waals surface area contributed by atoms with Crippen LogP contribution in [0.2, 0.25) is 0 Å². The Hall–Kier alpha value is -15.2. The van der Waals surface area contributed by atoms with Crippen LogP contribution in [0, 0.1) is 48.5 Å². The van der Waals surface area contributed by atoms with Gasteiger partial charge in [0.2, 0.25) is 0 Å². The van der Waals surface area contributed by atoms with Crippen LogP contribution in [-0.2, 0) is 62.6 Å². The molecule has 10 N–H and O–H groups in total. The van der Waals surface area contributed by atoms with Crippen molar-refractivity contribution >= 4 is 166 Å². The van der Waals surface area contributed by atoms with E-state index in [1.807, 2.05) is 155 Å². The summed E-state index contributed by atoms with van der Waals surface area (Å²) in [7, 11) is 1.50. The molecule has 0 radical (unpaired) electrons. The number of nitrogens with one attached hydrogen (secondary N) is 5. The highest BCUT2D eigenvalue weighted by molar-refractivity contribution is 7.11. The van der Waals surface area contributed by atoms with Gasteiger partial charge in [-0.05, 0) is 230 Å². The average Bonchev–Trinajstić information content (AvgIpc) is 1.80. The number of aromatic carboxylic acids is 4. The Morgan fingerprint density at radius 3 is 0.863 bits per heavy atom. The maximum Gasteiger partial charge on any atom is 0.335 e. The molecule has 36 heteroatoms. The molecule has 0 aliphatic carbocycles. The smallest absolute Gasteiger partial charge is 0.335 e. The van der Waals surface area contributed by atoms with Gasteiger partial charge in [0.25, 0.3) is 0 Å². The number of ether oxygens (including phenoxy) is 1. The topological polar surface area (TPSA) is 449 Å². The van der Waals surface area contributed by atoms with E-state index in [0.29, 0.717) is 46.4 Å². The zero-order valence-corrected chi connectivity index (χ0v) is 83.5. The van der Waals surface area contributed by atoms with Crippen LogP contribution in [0.1, 0.15) is 184 Å². The molecule has 0 spiro atoms. The standard InChI is InChI=1S/C23H22N4O2S.C22H20N4O2S.C20H22N4O2S.C19H20N4O3S.C19H20N4O2S/c1-4-18-19(5-2)26-22(20-12-30-13(3)24-20)27-21(18)25-17-9-8-14-10-16(23(28)29)7-6-15(14)11-17;1-4-18-12(2)23-21(19-11-29-13(3)24-19)26-20(18)25-17-8-7-14-9-16(22(27)28)6-5-15(14)10-17;1-4-15-16(5-2)23-20(17-11-27-12(3)21-17)24-19(15)22-14-8-6-13(7-9-14)10-18(25)26;1-5-13-10(2)20-18(15-9-27-11(3)21-15)23-17(13)22-14-7-6-12(19(24)25)8-16(14)26-4;1-4-14-15(5-2)22-18(16-10-26-11(3)20-16)23-17(14)21-13-8-6-12(7-9-13)19(24)25/h6-12H,4-5H2,1-3H3,(H,28,29)(H,25,26,27);5-11H,4H2,1-3H3,(H,27,28)(H,23,25,26);6-9,11H,4-5,10H2,1-3H3,(H,25,26)(H,22,23,24);6-9H,5H2,1-4H3,(H,24,25)(H,20,22,23);6-10H,4-5H2,1-3H3,(H,24,25)(H,21,22,23). The summed E-state index contributed by atoms with van der Waals surface area (Å²) < 4.78 is 5.35. The molecular formula is C103H104N20O11S5. The number of carbonyl (C=O) groups is 5. The van der Waals surface area contributed by atoms with E-state index in [0.717, 1.165) is 234 Å². The van der Waals surface area contributed by atoms with E-state index < -0.39 is 29.8 Å². The Labute approximate surface area is 823 Å². The summed E-state index contributed by atoms with van der Waals surface area (Å²) in [6, 6.07) is 40.6. The van der Waals surface area contributed by atoms with Gasteiger partial charge in [-0.3, -0.25) is 4.79 Å². The van der Waals surface area contributed by atoms with Crippen LogP contribution in [0.3, 0.4) is 0 Å². The van der Waals surface area contributed by atoms with Gasteiger partial charge in [0.05, 0.1) is 66.5 Å². The molecule has 0 fully saturated rings. The SMILES string of the molecule is CCc1c(C)nc(-c2csc(C)n2)nc1Nc1ccc(C(=O)O)cc1OC.CCc1c(C)nc(-c2csc(C)n2)nc1Nc1ccc2cc(C(=O)O)ccc2c1.CCc1nc(-c2csc(C)n2)nc(Nc2ccc(C(=O)O)cc2)c1CC.CCc1nc(-c2csc(C)n2)nc(Nc2ccc(CC(=O)O)cc2)c1CC.CCc1nc(-c2csc(C)n2)nc(Nc2ccc3cc(C(=O)O)ccc3c2)c1CC. The second kappa shape index (κ2) is 46.5. The molecule has 0 atom stereocenters. The molecule has 31 nitrogen and oxygen atoms in total. The third kappa shape index (κ3) is 25.5. The van der Waals surface area contributed by atoms with Gasteiger partial charge < -0.3 is 56.9 Å². The molecule has 0 unspecified atom stereocenters. The number of benzene rings is 7. The second-order valence-corrected chi connectivity index (χ2v) is 36.9. The summed E-state index contributed by atoms with van der Waals surface area (Å²) in [5, 5.41) is 80.6. The van der Waals surface area contributed by atoms with Gasteiger partial charge in [0, 0.05) is 106 Å². The number of anilines is 10. The minimum absolute atomic E-state index is 0.0152. The Morgan fingerprint density at radius 2 is 0.561 bits per heavy atom. The van der Waals surface area contributed by atoms with Crippen LogP contribution in [-0.4, -0.2) is 137 Å². The van der Waals surface area contributed by atoms with Gasteiger partial charge in [0.1, 0.15) is 63.3 Å². The minimum Gasteiger partial charge on any atom is -0.495 e. The lowest BCUT2D eigenvalue weighted by Gasteiger charge is -2.16. The number of hydrogen-bond donors (Lipinski definition) is 10. The van der Waals surface area contributed by atoms with Gasteiger partial charge in [0.15, 0.2) is 29.1 Å². The fourth-order valence-electron chi connectivity index (χ4n) is 15.1. The van der Waals surface area contributed by atoms with E-state index in [1.165, 1.54) is 19.2 Å². The Balaban J connectivity index is 0.000000147. The third-order valence-electron chi connectivity index (χ3n) is 22.1. The van der Waals surface area contributed by atoms with E-state index in [4.69, 9.17) is 60.1 Å². The number of nitrogens with zero attached hydrogens (tertiary/aromatic N) is 15. The van der Waals surface area contributed by atoms with Crippen molar-refractivity contribution in [2.75, 3.05) is 33.7 Å². The molecule has 0 aliphatic rings. The average molecular weight is 1960 g/mol. The molecular weight excluding hydrogens is 1850 g/mol. The van der Waals surface area contributed by atoms with Crippen LogP contribution < -0.4 is 31.3 Å². The molecule has 10 heterocycles. The van der Waals surface area contributed by atoms with Crippen molar-refractivity contribution in [1.82, 2.24) is 74.8 Å². The van der Waals surface area contributed by atoms with Gasteiger partial charge >= 0.3 is 29.8 Å². The summed E-state index contributed by atoms with van der Waals surface area (Å²) in [6.45, 7) is 30.4. The molecule has 7 aromatic carbocycles. The van der Waals surface area contributed by atoms with Gasteiger partial charge in [-0.2, -0.15) is 0 Å². The number of hydrogen-bond acceptors (Lipinski definition) is 31. The number of aryl methyl sites for hydroxylation is 10. The van der Waals surface area contributed by atoms with Crippen LogP contribution in [0.25, 0.3) is 79.1 Å². The molecule has 0 bridgehead atoms. The van der Waals surface area contributed by atoms with Crippen molar-refractivity contribution in [2.45, 2.75) is 162 Å². The zero-order valence-electron chi connectivity index (χ0n) is 79.5. The maximum atomic E-state index is 11.2. The van der Waals surface area contributed by atoms with Crippen molar-refractivity contribution < 1.29 is 54.2 Å². The molecule has 139 heavy (non-hydrogen) atoms. The van der Waals surface area contributed by atoms with Gasteiger partial charge in [-0.25, -0.2) is 93.9 Å². The summed E-state index contributed by atoms with van der Waals surface area (Å²) in [5.74, 6) is 2.53. The number of carboxylic acid groups (broad SMARTS) is 5. The highest BCUT2D eigenvalue weighted by atomic mass is 32.1. The summed E-state index contributed by atoms with van der Waals surface area (Å²) in [4.78, 5) is 125. The Kier molecular flexibility index (Phi) is 33.9. The molecule has 17 rings (SSSR count). The van der Waals surface area contributed by atoms with Crippen molar-refractivity contribution in [3.8, 4) is 63.3 Å². The van der Waals surface area contributed by atoms with E-state index >= 15 is 0 Å². The number of fused-ring (bicyclic) bond motifs is 2. The lowest BCUT2D eigenvalue weighted by Crippen LogP contribution is -2.07. The van der Waals surface area contributed by atoms with Crippen LogP contribution in [0.5, 0.6) is 5.75 Å². The van der Waals surface area contributed by atoms with Crippen molar-refractivity contribution in [1.29, 1.82) is 0 Å². The first kappa shape index (κ1) is 101. The number of thiazole rings is 5. The molecule has 0 amide bonds. The van der Waals surface area contributed by atoms with Gasteiger partial charge in [-0.1, -0.05) is 91.8 Å². The largest absolute Gasteiger partial charge is 0.495 e. The predicted molar refractivity (Wildman–Crippen MR) is 553 cm³/mol. The normalized spacial score (nSPS) is 10.8. The zero-order chi connectivity index (χ0) is 99.4. The second-order valence-electron chi connectivity index (χ2n) is 31.6. The molecule has 0 saturated heterocycles. The quantitative estimate of drug-likeness (QED) is 0.0200. The molecule has 0 saturated carbocycles. The number of aliphatic carboxylic acids is 1. The maximum absolute atomic E-state index is 11.2. The van der Waals surface area contributed by atoms with E-state index in [9.17, 15) is 29.1 Å². The van der Waals surface area contributed by atoms with Crippen LogP contribution >= 0.6 is 56.7 Å². The number of aromatic nitrogens is 15. The molecule has 0 aliphatic heterocycles. The number of methoxy groups -OCH3 is 1. The first-order valence-electron chi connectivity index (χ1n) is 44.9. The first-order chi connectivity index (χ1) is 66.8. The van der Waals surface area contributed by atoms with E-state index in [1.54, 1.807) is 111 Å². The van der Waals surface area contributed by atoms with Crippen LogP contribution in [0.4, 0.5) is 57.5 Å². The first-order valence-corrected chi connectivity index (χ1v) is 49.3. The third-order valence-corrected chi connectivity index (χ3v) is 26.0. The molecule has 712 valence electrons. The summed E-state index contributed by atoms with van der Waals surface area (Å²) in [6.07, 6.45) is 6.43. The van der Waals surface area contributed by atoms with E-state index in [-0.39, 0.29) is 28.7 Å². The van der Waals surface area contributed by atoms with Crippen molar-refractivity contribution in [3.05, 3.63) is 276 Å². The fourth-order valence-corrected chi connectivity index (χ4v) is 18.1. The lowest BCUT2D eigenvalue weighted by atomic mass is 10.1. The van der Waals surface area contributed by atoms with Crippen molar-refractivity contribution in [2.24, 2.45) is 0 Å².